The van der Waals surface area contributed by atoms with Gasteiger partial charge in [0.25, 0.3) is 5.89 Å². The summed E-state index contributed by atoms with van der Waals surface area (Å²) < 4.78 is 5.30. The molecule has 0 aliphatic carbocycles. The highest BCUT2D eigenvalue weighted by atomic mass is 16.5. The van der Waals surface area contributed by atoms with Gasteiger partial charge in [-0.2, -0.15) is 4.98 Å². The van der Waals surface area contributed by atoms with Gasteiger partial charge < -0.3 is 10.3 Å². The zero-order valence-corrected chi connectivity index (χ0v) is 11.2. The molecule has 3 rings (SSSR count). The predicted molar refractivity (Wildman–Crippen MR) is 79.0 cm³/mol. The highest BCUT2D eigenvalue weighted by Gasteiger charge is 2.12. The SMILES string of the molecule is CCc1ccc(-c2noc(-c3ccccc3N)n2)cc1. The Morgan fingerprint density at radius 3 is 2.50 bits per heavy atom. The van der Waals surface area contributed by atoms with E-state index in [2.05, 4.69) is 29.2 Å². The largest absolute Gasteiger partial charge is 0.398 e. The number of anilines is 1. The molecule has 0 aliphatic rings. The molecule has 0 radical (unpaired) electrons. The normalized spacial score (nSPS) is 10.7. The number of aromatic nitrogens is 2. The number of aryl methyl sites for hydroxylation is 1. The van der Waals surface area contributed by atoms with Crippen LogP contribution in [0.25, 0.3) is 22.8 Å². The summed E-state index contributed by atoms with van der Waals surface area (Å²) in [5.41, 5.74) is 9.52. The molecular formula is C16H15N3O. The molecule has 4 nitrogen and oxygen atoms in total. The van der Waals surface area contributed by atoms with Crippen molar-refractivity contribution in [2.75, 3.05) is 5.73 Å². The summed E-state index contributed by atoms with van der Waals surface area (Å²) in [4.78, 5) is 4.41. The van der Waals surface area contributed by atoms with Crippen LogP contribution in [0, 0.1) is 0 Å². The Morgan fingerprint density at radius 2 is 1.80 bits per heavy atom. The minimum Gasteiger partial charge on any atom is -0.398 e. The summed E-state index contributed by atoms with van der Waals surface area (Å²) in [6, 6.07) is 15.6. The smallest absolute Gasteiger partial charge is 0.260 e. The van der Waals surface area contributed by atoms with Gasteiger partial charge in [-0.05, 0) is 24.1 Å². The lowest BCUT2D eigenvalue weighted by Crippen LogP contribution is -1.89. The number of rotatable bonds is 3. The lowest BCUT2D eigenvalue weighted by Gasteiger charge is -1.98. The highest BCUT2D eigenvalue weighted by molar-refractivity contribution is 5.71. The van der Waals surface area contributed by atoms with Crippen LogP contribution >= 0.6 is 0 Å². The molecule has 0 atom stereocenters. The van der Waals surface area contributed by atoms with Crippen LogP contribution in [0.3, 0.4) is 0 Å². The van der Waals surface area contributed by atoms with E-state index in [0.717, 1.165) is 17.5 Å². The van der Waals surface area contributed by atoms with Crippen molar-refractivity contribution < 1.29 is 4.52 Å². The van der Waals surface area contributed by atoms with Crippen LogP contribution in [0.5, 0.6) is 0 Å². The molecule has 0 amide bonds. The van der Waals surface area contributed by atoms with Crippen molar-refractivity contribution in [3.05, 3.63) is 54.1 Å². The summed E-state index contributed by atoms with van der Waals surface area (Å²) in [7, 11) is 0. The summed E-state index contributed by atoms with van der Waals surface area (Å²) in [6.45, 7) is 2.12. The van der Waals surface area contributed by atoms with E-state index in [-0.39, 0.29) is 0 Å². The maximum Gasteiger partial charge on any atom is 0.260 e. The molecule has 4 heteroatoms. The monoisotopic (exact) mass is 265 g/mol. The van der Waals surface area contributed by atoms with Gasteiger partial charge in [-0.1, -0.05) is 48.5 Å². The maximum atomic E-state index is 5.91. The van der Waals surface area contributed by atoms with Crippen LogP contribution in [0.1, 0.15) is 12.5 Å². The molecule has 0 spiro atoms. The molecule has 1 aromatic heterocycles. The second-order valence-electron chi connectivity index (χ2n) is 4.56. The Morgan fingerprint density at radius 1 is 1.05 bits per heavy atom. The molecule has 0 fully saturated rings. The van der Waals surface area contributed by atoms with E-state index in [1.54, 1.807) is 0 Å². The number of nitrogens with zero attached hydrogens (tertiary/aromatic N) is 2. The van der Waals surface area contributed by atoms with Crippen molar-refractivity contribution in [3.63, 3.8) is 0 Å². The fraction of sp³-hybridized carbons (Fsp3) is 0.125. The van der Waals surface area contributed by atoms with E-state index >= 15 is 0 Å². The minimum atomic E-state index is 0.442. The molecule has 0 aliphatic heterocycles. The fourth-order valence-electron chi connectivity index (χ4n) is 2.03. The van der Waals surface area contributed by atoms with Crippen LogP contribution in [0.2, 0.25) is 0 Å². The van der Waals surface area contributed by atoms with E-state index in [4.69, 9.17) is 10.3 Å². The van der Waals surface area contributed by atoms with Gasteiger partial charge in [0, 0.05) is 11.3 Å². The minimum absolute atomic E-state index is 0.442. The van der Waals surface area contributed by atoms with Gasteiger partial charge in [0.2, 0.25) is 5.82 Å². The maximum absolute atomic E-state index is 5.91. The molecule has 2 N–H and O–H groups in total. The van der Waals surface area contributed by atoms with Crippen molar-refractivity contribution in [2.24, 2.45) is 0 Å². The molecule has 3 aromatic rings. The summed E-state index contributed by atoms with van der Waals surface area (Å²) in [6.07, 6.45) is 1.01. The topological polar surface area (TPSA) is 64.9 Å². The molecule has 0 saturated heterocycles. The van der Waals surface area contributed by atoms with Crippen molar-refractivity contribution in [1.29, 1.82) is 0 Å². The first-order valence-corrected chi connectivity index (χ1v) is 6.56. The summed E-state index contributed by atoms with van der Waals surface area (Å²) in [5, 5.41) is 4.02. The van der Waals surface area contributed by atoms with Gasteiger partial charge in [-0.25, -0.2) is 0 Å². The van der Waals surface area contributed by atoms with Gasteiger partial charge in [0.05, 0.1) is 5.56 Å². The number of hydrogen-bond donors (Lipinski definition) is 1. The average Bonchev–Trinajstić information content (AvgIpc) is 2.97. The Balaban J connectivity index is 1.95. The Kier molecular flexibility index (Phi) is 3.21. The third-order valence-corrected chi connectivity index (χ3v) is 3.24. The predicted octanol–water partition coefficient (Wildman–Crippen LogP) is 3.55. The molecule has 0 unspecified atom stereocenters. The molecular weight excluding hydrogens is 250 g/mol. The molecule has 2 aromatic carbocycles. The zero-order chi connectivity index (χ0) is 13.9. The van der Waals surface area contributed by atoms with Crippen molar-refractivity contribution in [2.45, 2.75) is 13.3 Å². The third-order valence-electron chi connectivity index (χ3n) is 3.24. The van der Waals surface area contributed by atoms with Gasteiger partial charge in [-0.15, -0.1) is 0 Å². The van der Waals surface area contributed by atoms with Crippen LogP contribution < -0.4 is 5.73 Å². The Hall–Kier alpha value is -2.62. The Bertz CT molecular complexity index is 717. The second kappa shape index (κ2) is 5.17. The van der Waals surface area contributed by atoms with Gasteiger partial charge in [0.15, 0.2) is 0 Å². The van der Waals surface area contributed by atoms with Crippen molar-refractivity contribution in [3.8, 4) is 22.8 Å². The van der Waals surface area contributed by atoms with E-state index in [0.29, 0.717) is 17.4 Å². The molecule has 100 valence electrons. The summed E-state index contributed by atoms with van der Waals surface area (Å²) >= 11 is 0. The van der Waals surface area contributed by atoms with Crippen LogP contribution in [-0.2, 0) is 6.42 Å². The molecule has 20 heavy (non-hydrogen) atoms. The van der Waals surface area contributed by atoms with Gasteiger partial charge in [0.1, 0.15) is 0 Å². The number of benzene rings is 2. The zero-order valence-electron chi connectivity index (χ0n) is 11.2. The number of nitrogens with two attached hydrogens (primary N) is 1. The summed E-state index contributed by atoms with van der Waals surface area (Å²) in [5.74, 6) is 1.02. The van der Waals surface area contributed by atoms with Gasteiger partial charge in [-0.3, -0.25) is 0 Å². The van der Waals surface area contributed by atoms with Crippen LogP contribution in [0.4, 0.5) is 5.69 Å². The first-order valence-electron chi connectivity index (χ1n) is 6.56. The third kappa shape index (κ3) is 2.28. The van der Waals surface area contributed by atoms with Crippen molar-refractivity contribution in [1.82, 2.24) is 10.1 Å². The standard InChI is InChI=1S/C16H15N3O/c1-2-11-7-9-12(10-8-11)15-18-16(20-19-15)13-5-3-4-6-14(13)17/h3-10H,2,17H2,1H3. The quantitative estimate of drug-likeness (QED) is 0.735. The van der Waals surface area contributed by atoms with E-state index in [9.17, 15) is 0 Å². The number of hydrogen-bond acceptors (Lipinski definition) is 4. The average molecular weight is 265 g/mol. The molecule has 0 saturated carbocycles. The fourth-order valence-corrected chi connectivity index (χ4v) is 2.03. The Labute approximate surface area is 117 Å². The van der Waals surface area contributed by atoms with Crippen molar-refractivity contribution >= 4 is 5.69 Å². The van der Waals surface area contributed by atoms with Gasteiger partial charge >= 0.3 is 0 Å². The number of para-hydroxylation sites is 1. The lowest BCUT2D eigenvalue weighted by atomic mass is 10.1. The van der Waals surface area contributed by atoms with E-state index in [1.165, 1.54) is 5.56 Å². The second-order valence-corrected chi connectivity index (χ2v) is 4.56. The van der Waals surface area contributed by atoms with Crippen LogP contribution in [-0.4, -0.2) is 10.1 Å². The highest BCUT2D eigenvalue weighted by Crippen LogP contribution is 2.26. The van der Waals surface area contributed by atoms with E-state index in [1.807, 2.05) is 36.4 Å². The first kappa shape index (κ1) is 12.4. The van der Waals surface area contributed by atoms with Crippen LogP contribution in [0.15, 0.2) is 53.1 Å². The molecule has 0 bridgehead atoms. The number of nitrogen functional groups attached to an aromatic ring is 1. The van der Waals surface area contributed by atoms with E-state index < -0.39 is 0 Å². The first-order chi connectivity index (χ1) is 9.78. The lowest BCUT2D eigenvalue weighted by molar-refractivity contribution is 0.432. The molecule has 1 heterocycles.